The molecule has 0 aromatic carbocycles. The lowest BCUT2D eigenvalue weighted by atomic mass is 10.0. The molecule has 2 fully saturated rings. The van der Waals surface area contributed by atoms with Crippen LogP contribution in [0.1, 0.15) is 167 Å². The zero-order chi connectivity index (χ0) is 45.9. The maximum Gasteiger partial charge on any atom is 0.509 e. The molecule has 6 nitrogen and oxygen atoms in total. The highest BCUT2D eigenvalue weighted by Gasteiger charge is 2.24. The van der Waals surface area contributed by atoms with Crippen LogP contribution in [0.2, 0.25) is 0 Å². The minimum Gasteiger partial charge on any atom is -0.430 e. The molecule has 2 atom stereocenters. The number of carbonyl (C=O) groups is 2. The molecule has 0 spiro atoms. The van der Waals surface area contributed by atoms with Crippen LogP contribution in [0.5, 0.6) is 0 Å². The maximum atomic E-state index is 10.8. The fourth-order valence-electron chi connectivity index (χ4n) is 6.89. The summed E-state index contributed by atoms with van der Waals surface area (Å²) in [6.45, 7) is 6.64. The first-order valence-electron chi connectivity index (χ1n) is 24.9. The SMILES string of the molecule is C=CC=CC=CC=CC=CC=CC=CC=CC=CC=CC=CC=CC=CC1COC(=O)O1.CCCCCCCCCCCCCCCCCCCCCCCCCCC1COC(=O)O1. The quantitative estimate of drug-likeness (QED) is 0.0350. The second kappa shape index (κ2) is 47.6. The molecule has 0 bridgehead atoms. The van der Waals surface area contributed by atoms with Crippen LogP contribution in [-0.2, 0) is 18.9 Å². The molecule has 0 saturated carbocycles. The monoisotopic (exact) mass is 879 g/mol. The molecule has 2 aliphatic heterocycles. The summed E-state index contributed by atoms with van der Waals surface area (Å²) in [7, 11) is 0. The Kier molecular flexibility index (Phi) is 42.6. The van der Waals surface area contributed by atoms with E-state index in [0.29, 0.717) is 6.61 Å². The van der Waals surface area contributed by atoms with E-state index >= 15 is 0 Å². The number of hydrogen-bond acceptors (Lipinski definition) is 6. The summed E-state index contributed by atoms with van der Waals surface area (Å²) in [6.07, 6.45) is 81.9. The van der Waals surface area contributed by atoms with E-state index in [0.717, 1.165) is 12.8 Å². The summed E-state index contributed by atoms with van der Waals surface area (Å²) >= 11 is 0. The fourth-order valence-corrected chi connectivity index (χ4v) is 6.89. The Morgan fingerprint density at radius 1 is 0.375 bits per heavy atom. The number of hydrogen-bond donors (Lipinski definition) is 0. The molecule has 2 heterocycles. The van der Waals surface area contributed by atoms with Gasteiger partial charge in [0.2, 0.25) is 0 Å². The normalized spacial score (nSPS) is 17.2. The lowest BCUT2D eigenvalue weighted by Gasteiger charge is -2.06. The van der Waals surface area contributed by atoms with Gasteiger partial charge in [-0.1, -0.05) is 307 Å². The first-order chi connectivity index (χ1) is 31.7. The van der Waals surface area contributed by atoms with Gasteiger partial charge < -0.3 is 18.9 Å². The molecule has 6 heteroatoms. The van der Waals surface area contributed by atoms with Crippen molar-refractivity contribution < 1.29 is 28.5 Å². The number of ether oxygens (including phenoxy) is 4. The molecular formula is C58H86O6. The molecule has 0 aliphatic carbocycles. The lowest BCUT2D eigenvalue weighted by Crippen LogP contribution is -2.09. The third-order valence-electron chi connectivity index (χ3n) is 10.5. The molecular weight excluding hydrogens is 793 g/mol. The molecule has 0 aromatic rings. The molecule has 2 unspecified atom stereocenters. The maximum absolute atomic E-state index is 10.8. The van der Waals surface area contributed by atoms with E-state index in [1.807, 2.05) is 140 Å². The highest BCUT2D eigenvalue weighted by molar-refractivity contribution is 5.62. The zero-order valence-corrected chi connectivity index (χ0v) is 39.8. The Bertz CT molecular complexity index is 1500. The summed E-state index contributed by atoms with van der Waals surface area (Å²) in [5, 5.41) is 0. The van der Waals surface area contributed by atoms with Crippen molar-refractivity contribution in [3.8, 4) is 0 Å². The highest BCUT2D eigenvalue weighted by atomic mass is 16.8. The van der Waals surface area contributed by atoms with Crippen LogP contribution in [0.25, 0.3) is 0 Å². The molecule has 2 aliphatic rings. The number of cyclic esters (lactones) is 4. The van der Waals surface area contributed by atoms with Crippen molar-refractivity contribution in [2.75, 3.05) is 13.2 Å². The van der Waals surface area contributed by atoms with Gasteiger partial charge in [-0.3, -0.25) is 0 Å². The average Bonchev–Trinajstić information content (AvgIpc) is 3.93. The van der Waals surface area contributed by atoms with Gasteiger partial charge >= 0.3 is 12.3 Å². The summed E-state index contributed by atoms with van der Waals surface area (Å²) < 4.78 is 19.4. The van der Waals surface area contributed by atoms with E-state index in [9.17, 15) is 9.59 Å². The number of rotatable bonds is 38. The molecule has 2 saturated heterocycles. The Balaban J connectivity index is 0.000000640. The van der Waals surface area contributed by atoms with Crippen molar-refractivity contribution in [2.24, 2.45) is 0 Å². The molecule has 0 N–H and O–H groups in total. The largest absolute Gasteiger partial charge is 0.509 e. The molecule has 0 radical (unpaired) electrons. The van der Waals surface area contributed by atoms with E-state index in [2.05, 4.69) is 18.2 Å². The first kappa shape index (κ1) is 57.2. The minimum absolute atomic E-state index is 0.0159. The van der Waals surface area contributed by atoms with Gasteiger partial charge in [0.05, 0.1) is 0 Å². The number of carbonyl (C=O) groups excluding carboxylic acids is 2. The minimum atomic E-state index is -0.612. The smallest absolute Gasteiger partial charge is 0.430 e. The van der Waals surface area contributed by atoms with Crippen molar-refractivity contribution in [1.29, 1.82) is 0 Å². The summed E-state index contributed by atoms with van der Waals surface area (Å²) in [5.74, 6) is 0. The summed E-state index contributed by atoms with van der Waals surface area (Å²) in [6, 6.07) is 0. The Morgan fingerprint density at radius 3 is 0.938 bits per heavy atom. The van der Waals surface area contributed by atoms with Crippen molar-refractivity contribution in [3.63, 3.8) is 0 Å². The van der Waals surface area contributed by atoms with Crippen LogP contribution in [0.15, 0.2) is 158 Å². The van der Waals surface area contributed by atoms with Crippen LogP contribution in [0, 0.1) is 0 Å². The van der Waals surface area contributed by atoms with Gasteiger partial charge in [-0.2, -0.15) is 0 Å². The van der Waals surface area contributed by atoms with Gasteiger partial charge in [0, 0.05) is 0 Å². The average molecular weight is 879 g/mol. The van der Waals surface area contributed by atoms with E-state index in [-0.39, 0.29) is 18.8 Å². The van der Waals surface area contributed by atoms with E-state index in [1.54, 1.807) is 12.2 Å². The first-order valence-corrected chi connectivity index (χ1v) is 24.9. The lowest BCUT2D eigenvalue weighted by molar-refractivity contribution is 0.115. The van der Waals surface area contributed by atoms with Gasteiger partial charge in [-0.05, 0) is 18.9 Å². The van der Waals surface area contributed by atoms with Crippen molar-refractivity contribution in [3.05, 3.63) is 158 Å². The van der Waals surface area contributed by atoms with E-state index in [1.165, 1.54) is 148 Å². The number of unbranched alkanes of at least 4 members (excludes halogenated alkanes) is 23. The van der Waals surface area contributed by atoms with Crippen molar-refractivity contribution in [1.82, 2.24) is 0 Å². The van der Waals surface area contributed by atoms with Crippen LogP contribution >= 0.6 is 0 Å². The molecule has 0 amide bonds. The molecule has 2 rings (SSSR count). The number of allylic oxidation sites excluding steroid dienone is 24. The summed E-state index contributed by atoms with van der Waals surface area (Å²) in [4.78, 5) is 21.6. The third kappa shape index (κ3) is 42.5. The van der Waals surface area contributed by atoms with Gasteiger partial charge in [0.25, 0.3) is 0 Å². The van der Waals surface area contributed by atoms with Crippen LogP contribution in [0.4, 0.5) is 9.59 Å². The van der Waals surface area contributed by atoms with Crippen LogP contribution < -0.4 is 0 Å². The van der Waals surface area contributed by atoms with Crippen molar-refractivity contribution in [2.45, 2.75) is 180 Å². The van der Waals surface area contributed by atoms with Gasteiger partial charge in [0.15, 0.2) is 6.10 Å². The Labute approximate surface area is 390 Å². The third-order valence-corrected chi connectivity index (χ3v) is 10.5. The Hall–Kier alpha value is -4.84. The standard InChI is InChI=1S/C29H56O3.C29H30O3/c2*1-2-3-4-5-6-7-8-9-10-11-12-13-14-15-16-17-18-19-20-21-22-23-24-25-26-28-27-31-29(30)32-28/h28H,2-27H2,1H3;2-26,28H,1,27H2. The zero-order valence-electron chi connectivity index (χ0n) is 39.8. The Morgan fingerprint density at radius 2 is 0.656 bits per heavy atom. The second-order valence-corrected chi connectivity index (χ2v) is 16.3. The fraction of sp³-hybridized carbons (Fsp3) is 0.517. The topological polar surface area (TPSA) is 71.1 Å². The van der Waals surface area contributed by atoms with E-state index < -0.39 is 12.3 Å². The molecule has 354 valence electrons. The van der Waals surface area contributed by atoms with Crippen molar-refractivity contribution >= 4 is 12.3 Å². The van der Waals surface area contributed by atoms with Gasteiger partial charge in [-0.25, -0.2) is 9.59 Å². The second-order valence-electron chi connectivity index (χ2n) is 16.3. The predicted molar refractivity (Wildman–Crippen MR) is 273 cm³/mol. The highest BCUT2D eigenvalue weighted by Crippen LogP contribution is 2.17. The summed E-state index contributed by atoms with van der Waals surface area (Å²) in [5.41, 5.74) is 0. The molecule has 64 heavy (non-hydrogen) atoms. The van der Waals surface area contributed by atoms with E-state index in [4.69, 9.17) is 14.2 Å². The molecule has 0 aromatic heterocycles. The van der Waals surface area contributed by atoms with Gasteiger partial charge in [-0.15, -0.1) is 0 Å². The predicted octanol–water partition coefficient (Wildman–Crippen LogP) is 17.7. The van der Waals surface area contributed by atoms with Crippen LogP contribution in [0.3, 0.4) is 0 Å². The van der Waals surface area contributed by atoms with Crippen LogP contribution in [-0.4, -0.2) is 37.7 Å². The van der Waals surface area contributed by atoms with Gasteiger partial charge in [0.1, 0.15) is 19.3 Å².